The molecule has 36 heavy (non-hydrogen) atoms. The molecule has 0 radical (unpaired) electrons. The highest BCUT2D eigenvalue weighted by atomic mass is 32.2. The van der Waals surface area contributed by atoms with Crippen LogP contribution in [0.4, 0.5) is 0 Å². The van der Waals surface area contributed by atoms with Gasteiger partial charge < -0.3 is 26.2 Å². The molecule has 1 saturated carbocycles. The van der Waals surface area contributed by atoms with Crippen molar-refractivity contribution in [1.29, 1.82) is 0 Å². The third kappa shape index (κ3) is 3.68. The minimum absolute atomic E-state index is 0. The Hall–Kier alpha value is -3.02. The van der Waals surface area contributed by atoms with Gasteiger partial charge in [-0.3, -0.25) is 23.5 Å². The lowest BCUT2D eigenvalue weighted by Crippen LogP contribution is -2.65. The fourth-order valence-electron chi connectivity index (χ4n) is 5.90. The van der Waals surface area contributed by atoms with Crippen molar-refractivity contribution in [3.05, 3.63) is 45.2 Å². The van der Waals surface area contributed by atoms with Crippen LogP contribution in [0.5, 0.6) is 5.75 Å². The summed E-state index contributed by atoms with van der Waals surface area (Å²) in [6.07, 6.45) is 1.73. The Balaban J connectivity index is 0.00000361. The zero-order valence-electron chi connectivity index (χ0n) is 19.8. The highest BCUT2D eigenvalue weighted by Crippen LogP contribution is 2.53. The monoisotopic (exact) mass is 520 g/mol. The second-order valence-electron chi connectivity index (χ2n) is 9.73. The Morgan fingerprint density at radius 2 is 1.86 bits per heavy atom. The number of aliphatic hydroxyl groups excluding tert-OH is 2. The van der Waals surface area contributed by atoms with Gasteiger partial charge in [0, 0.05) is 34.1 Å². The predicted molar refractivity (Wildman–Crippen MR) is 133 cm³/mol. The molecule has 11 heteroatoms. The number of nitrogens with zero attached hydrogens (tertiary/aromatic N) is 1. The number of phenols is 1. The zero-order chi connectivity index (χ0) is 26.1. The Morgan fingerprint density at radius 1 is 1.25 bits per heavy atom. The molecule has 1 fully saturated rings. The summed E-state index contributed by atoms with van der Waals surface area (Å²) in [7, 11) is 1.82. The summed E-state index contributed by atoms with van der Waals surface area (Å²) in [6.45, 7) is 1.78. The van der Waals surface area contributed by atoms with Crippen LogP contribution < -0.4 is 5.73 Å². The summed E-state index contributed by atoms with van der Waals surface area (Å²) >= 11 is 0. The van der Waals surface area contributed by atoms with Gasteiger partial charge in [-0.15, -0.1) is 0 Å². The molecular weight excluding hydrogens is 488 g/mol. The minimum Gasteiger partial charge on any atom is -0.508 e. The maximum Gasteiger partial charge on any atom is 0.255 e. The van der Waals surface area contributed by atoms with Crippen molar-refractivity contribution >= 4 is 34.0 Å². The van der Waals surface area contributed by atoms with Crippen LogP contribution in [0.2, 0.25) is 0 Å². The highest BCUT2D eigenvalue weighted by Gasteiger charge is 2.64. The van der Waals surface area contributed by atoms with Gasteiger partial charge in [0.1, 0.15) is 22.8 Å². The maximum atomic E-state index is 13.8. The molecule has 3 aliphatic rings. The molecule has 1 amide bonds. The molecule has 5 atom stereocenters. The van der Waals surface area contributed by atoms with Gasteiger partial charge in [0.15, 0.2) is 11.4 Å². The predicted octanol–water partition coefficient (Wildman–Crippen LogP) is 0.787. The zero-order valence-corrected chi connectivity index (χ0v) is 20.6. The summed E-state index contributed by atoms with van der Waals surface area (Å²) in [4.78, 5) is 40.3. The highest BCUT2D eigenvalue weighted by molar-refractivity contribution is 7.83. The van der Waals surface area contributed by atoms with Crippen LogP contribution in [-0.2, 0) is 37.4 Å². The number of fused-ring (bicyclic) bond motifs is 3. The molecule has 0 aromatic heterocycles. The lowest BCUT2D eigenvalue weighted by molar-refractivity contribution is -0.153. The van der Waals surface area contributed by atoms with Crippen LogP contribution in [0.15, 0.2) is 23.0 Å². The van der Waals surface area contributed by atoms with Crippen LogP contribution >= 0.6 is 0 Å². The molecular formula is C25H32N2O8S. The maximum absolute atomic E-state index is 13.8. The van der Waals surface area contributed by atoms with Crippen molar-refractivity contribution in [2.75, 3.05) is 20.4 Å². The van der Waals surface area contributed by atoms with Crippen molar-refractivity contribution in [2.45, 2.75) is 44.6 Å². The first-order valence-electron chi connectivity index (χ1n) is 11.0. The minimum atomic E-state index is -2.67. The number of Topliss-reactive ketones (excluding diaryl/α,β-unsaturated/α-hetero) is 2. The Bertz CT molecular complexity index is 1280. The van der Waals surface area contributed by atoms with E-state index in [1.54, 1.807) is 27.1 Å². The van der Waals surface area contributed by atoms with Gasteiger partial charge in [-0.05, 0) is 50.9 Å². The number of hydrogen-bond donors (Lipinski definition) is 5. The number of aryl methyl sites for hydroxylation is 1. The van der Waals surface area contributed by atoms with Crippen LogP contribution in [0.3, 0.4) is 0 Å². The average Bonchev–Trinajstić information content (AvgIpc) is 2.73. The molecule has 0 heterocycles. The van der Waals surface area contributed by atoms with Gasteiger partial charge in [-0.25, -0.2) is 0 Å². The molecule has 10 nitrogen and oxygen atoms in total. The molecule has 6 N–H and O–H groups in total. The van der Waals surface area contributed by atoms with E-state index >= 15 is 0 Å². The molecule has 196 valence electrons. The Labute approximate surface area is 211 Å². The third-order valence-corrected chi connectivity index (χ3v) is 8.10. The SMILES string of the molecule is C.Cc1cc(CS(C)=O)c(O)c2c1CC1CC3C(N(C)C)C(=O)C(C(N)=O)=C(O)C3(O)C(=O)C1=C2O. The number of phenolic OH excluding ortho intramolecular Hbond substituents is 1. The lowest BCUT2D eigenvalue weighted by atomic mass is 9.57. The van der Waals surface area contributed by atoms with Gasteiger partial charge in [0.25, 0.3) is 5.91 Å². The Morgan fingerprint density at radius 3 is 2.39 bits per heavy atom. The van der Waals surface area contributed by atoms with E-state index in [1.165, 1.54) is 11.2 Å². The number of carbonyl (C=O) groups excluding carboxylic acids is 3. The second-order valence-corrected chi connectivity index (χ2v) is 11.2. The van der Waals surface area contributed by atoms with Crippen molar-refractivity contribution in [2.24, 2.45) is 17.6 Å². The molecule has 0 spiro atoms. The standard InChI is InChI=1S/C24H28N2O8S.CH4/c1-9-5-11(8-35(4)34)18(27)15-12(9)6-10-7-13-17(26(2)3)20(29)16(23(25)32)22(31)24(13,33)21(30)14(10)19(15)28;/h5,10,13,17,27-28,31,33H,6-8H2,1-4H3,(H2,25,32);1H4. The normalized spacial score (nSPS) is 28.3. The summed E-state index contributed by atoms with van der Waals surface area (Å²) in [5.41, 5.74) is 3.26. The first-order valence-corrected chi connectivity index (χ1v) is 12.7. The fraction of sp³-hybridized carbons (Fsp3) is 0.480. The number of aliphatic hydroxyl groups is 3. The number of benzene rings is 1. The van der Waals surface area contributed by atoms with E-state index < -0.39 is 68.8 Å². The summed E-state index contributed by atoms with van der Waals surface area (Å²) in [5, 5.41) is 44.5. The fourth-order valence-corrected chi connectivity index (χ4v) is 6.55. The number of amides is 1. The van der Waals surface area contributed by atoms with Crippen molar-refractivity contribution in [1.82, 2.24) is 4.90 Å². The van der Waals surface area contributed by atoms with Gasteiger partial charge in [0.05, 0.1) is 17.4 Å². The molecule has 5 unspecified atom stereocenters. The van der Waals surface area contributed by atoms with Gasteiger partial charge in [0.2, 0.25) is 5.78 Å². The molecule has 0 aliphatic heterocycles. The van der Waals surface area contributed by atoms with Crippen LogP contribution in [-0.4, -0.2) is 79.0 Å². The molecule has 0 bridgehead atoms. The lowest BCUT2D eigenvalue weighted by Gasteiger charge is -2.50. The smallest absolute Gasteiger partial charge is 0.255 e. The summed E-state index contributed by atoms with van der Waals surface area (Å²) in [6, 6.07) is 0.568. The molecule has 3 aliphatic carbocycles. The molecule has 4 rings (SSSR count). The van der Waals surface area contributed by atoms with Crippen molar-refractivity contribution < 1.29 is 39.0 Å². The van der Waals surface area contributed by atoms with E-state index in [0.29, 0.717) is 11.1 Å². The van der Waals surface area contributed by atoms with E-state index in [9.17, 15) is 39.0 Å². The van der Waals surface area contributed by atoms with E-state index in [4.69, 9.17) is 5.73 Å². The van der Waals surface area contributed by atoms with Crippen LogP contribution in [0, 0.1) is 18.8 Å². The summed E-state index contributed by atoms with van der Waals surface area (Å²) in [5.74, 6) is -6.81. The number of likely N-dealkylation sites (N-methyl/N-ethyl adjacent to an activating group) is 1. The number of carbonyl (C=O) groups is 3. The van der Waals surface area contributed by atoms with Crippen molar-refractivity contribution in [3.8, 4) is 5.75 Å². The van der Waals surface area contributed by atoms with Gasteiger partial charge in [-0.2, -0.15) is 0 Å². The molecule has 1 aromatic rings. The first kappa shape index (κ1) is 27.6. The molecule has 1 aromatic carbocycles. The number of nitrogens with two attached hydrogens (primary N) is 1. The first-order chi connectivity index (χ1) is 16.2. The van der Waals surface area contributed by atoms with E-state index in [1.807, 2.05) is 0 Å². The topological polar surface area (TPSA) is 178 Å². The van der Waals surface area contributed by atoms with Gasteiger partial charge >= 0.3 is 0 Å². The number of rotatable bonds is 4. The van der Waals surface area contributed by atoms with E-state index in [2.05, 4.69) is 0 Å². The van der Waals surface area contributed by atoms with Gasteiger partial charge in [-0.1, -0.05) is 13.5 Å². The molecule has 0 saturated heterocycles. The number of hydrogen-bond acceptors (Lipinski definition) is 9. The Kier molecular flexibility index (Phi) is 6.99. The number of aromatic hydroxyl groups is 1. The number of ketones is 2. The van der Waals surface area contributed by atoms with Crippen LogP contribution in [0.1, 0.15) is 36.1 Å². The average molecular weight is 521 g/mol. The summed E-state index contributed by atoms with van der Waals surface area (Å²) < 4.78 is 11.8. The number of primary amides is 1. The van der Waals surface area contributed by atoms with E-state index in [0.717, 1.165) is 5.56 Å². The third-order valence-electron chi connectivity index (χ3n) is 7.38. The van der Waals surface area contributed by atoms with Crippen molar-refractivity contribution in [3.63, 3.8) is 0 Å². The second kappa shape index (κ2) is 9.13. The quantitative estimate of drug-likeness (QED) is 0.359. The van der Waals surface area contributed by atoms with E-state index in [-0.39, 0.29) is 42.9 Å². The van der Waals surface area contributed by atoms with Crippen LogP contribution in [0.25, 0.3) is 5.76 Å². The largest absolute Gasteiger partial charge is 0.508 e.